The largest absolute Gasteiger partial charge is 0.375 e. The van der Waals surface area contributed by atoms with Crippen LogP contribution in [0.15, 0.2) is 29.6 Å². The van der Waals surface area contributed by atoms with Gasteiger partial charge in [0.15, 0.2) is 0 Å². The van der Waals surface area contributed by atoms with Gasteiger partial charge in [0, 0.05) is 23.9 Å². The lowest BCUT2D eigenvalue weighted by molar-refractivity contribution is 0.112. The maximum absolute atomic E-state index is 5.65. The van der Waals surface area contributed by atoms with Crippen molar-refractivity contribution in [3.63, 3.8) is 0 Å². The van der Waals surface area contributed by atoms with Gasteiger partial charge in [0.25, 0.3) is 0 Å². The van der Waals surface area contributed by atoms with Crippen LogP contribution in [-0.2, 0) is 4.74 Å². The van der Waals surface area contributed by atoms with E-state index in [2.05, 4.69) is 17.5 Å². The number of benzene rings is 1. The van der Waals surface area contributed by atoms with Crippen LogP contribution in [0.3, 0.4) is 0 Å². The van der Waals surface area contributed by atoms with E-state index in [-0.39, 0.29) is 6.10 Å². The SMILES string of the molecule is COC(CN)c1csc2ccccc12. The van der Waals surface area contributed by atoms with Gasteiger partial charge < -0.3 is 10.5 Å². The highest BCUT2D eigenvalue weighted by Gasteiger charge is 2.12. The Morgan fingerprint density at radius 3 is 2.93 bits per heavy atom. The summed E-state index contributed by atoms with van der Waals surface area (Å²) in [5.74, 6) is 0. The summed E-state index contributed by atoms with van der Waals surface area (Å²) in [5, 5.41) is 3.39. The molecular weight excluding hydrogens is 194 g/mol. The van der Waals surface area contributed by atoms with Gasteiger partial charge in [-0.3, -0.25) is 0 Å². The first kappa shape index (κ1) is 9.65. The molecule has 2 aromatic rings. The van der Waals surface area contributed by atoms with Gasteiger partial charge in [0.2, 0.25) is 0 Å². The van der Waals surface area contributed by atoms with E-state index in [1.54, 1.807) is 18.4 Å². The molecule has 2 nitrogen and oxygen atoms in total. The Labute approximate surface area is 87.3 Å². The summed E-state index contributed by atoms with van der Waals surface area (Å²) in [6.07, 6.45) is 0.0196. The lowest BCUT2D eigenvalue weighted by Gasteiger charge is -2.11. The molecule has 1 aromatic heterocycles. The number of rotatable bonds is 3. The maximum atomic E-state index is 5.65. The number of nitrogens with two attached hydrogens (primary N) is 1. The van der Waals surface area contributed by atoms with Gasteiger partial charge in [-0.1, -0.05) is 18.2 Å². The fourth-order valence-electron chi connectivity index (χ4n) is 1.60. The zero-order valence-electron chi connectivity index (χ0n) is 8.07. The monoisotopic (exact) mass is 207 g/mol. The van der Waals surface area contributed by atoms with Crippen molar-refractivity contribution in [1.29, 1.82) is 0 Å². The highest BCUT2D eigenvalue weighted by atomic mass is 32.1. The molecule has 0 fully saturated rings. The second-order valence-electron chi connectivity index (χ2n) is 3.15. The molecule has 0 aliphatic carbocycles. The van der Waals surface area contributed by atoms with Crippen LogP contribution < -0.4 is 5.73 Å². The van der Waals surface area contributed by atoms with Gasteiger partial charge in [-0.25, -0.2) is 0 Å². The first-order valence-electron chi connectivity index (χ1n) is 4.55. The molecule has 0 radical (unpaired) electrons. The summed E-state index contributed by atoms with van der Waals surface area (Å²) in [7, 11) is 1.70. The molecule has 1 unspecified atom stereocenters. The Hall–Kier alpha value is -0.900. The summed E-state index contributed by atoms with van der Waals surface area (Å²) in [6, 6.07) is 8.32. The lowest BCUT2D eigenvalue weighted by Crippen LogP contribution is -2.13. The fraction of sp³-hybridized carbons (Fsp3) is 0.273. The summed E-state index contributed by atoms with van der Waals surface area (Å²) in [4.78, 5) is 0. The van der Waals surface area contributed by atoms with Crippen molar-refractivity contribution in [3.05, 3.63) is 35.2 Å². The number of thiophene rings is 1. The highest BCUT2D eigenvalue weighted by molar-refractivity contribution is 7.17. The maximum Gasteiger partial charge on any atom is 0.0957 e. The minimum Gasteiger partial charge on any atom is -0.375 e. The Morgan fingerprint density at radius 2 is 2.21 bits per heavy atom. The van der Waals surface area contributed by atoms with Crippen LogP contribution in [0, 0.1) is 0 Å². The van der Waals surface area contributed by atoms with Crippen molar-refractivity contribution in [2.45, 2.75) is 6.10 Å². The van der Waals surface area contributed by atoms with E-state index in [0.29, 0.717) is 6.54 Å². The molecule has 14 heavy (non-hydrogen) atoms. The molecule has 0 bridgehead atoms. The number of methoxy groups -OCH3 is 1. The number of hydrogen-bond acceptors (Lipinski definition) is 3. The van der Waals surface area contributed by atoms with Gasteiger partial charge in [-0.05, 0) is 16.8 Å². The zero-order valence-corrected chi connectivity index (χ0v) is 8.88. The van der Waals surface area contributed by atoms with E-state index in [1.807, 2.05) is 12.1 Å². The van der Waals surface area contributed by atoms with E-state index in [9.17, 15) is 0 Å². The molecule has 2 rings (SSSR count). The molecule has 2 N–H and O–H groups in total. The first-order valence-corrected chi connectivity index (χ1v) is 5.43. The number of ether oxygens (including phenoxy) is 1. The molecule has 0 spiro atoms. The minimum absolute atomic E-state index is 0.0196. The Morgan fingerprint density at radius 1 is 1.43 bits per heavy atom. The van der Waals surface area contributed by atoms with Gasteiger partial charge in [-0.2, -0.15) is 0 Å². The van der Waals surface area contributed by atoms with Gasteiger partial charge in [-0.15, -0.1) is 11.3 Å². The minimum atomic E-state index is 0.0196. The molecule has 1 atom stereocenters. The molecular formula is C11H13NOS. The second kappa shape index (κ2) is 4.09. The molecule has 0 amide bonds. The van der Waals surface area contributed by atoms with Crippen molar-refractivity contribution < 1.29 is 4.74 Å². The molecule has 0 saturated heterocycles. The highest BCUT2D eigenvalue weighted by Crippen LogP contribution is 2.30. The molecule has 0 aliphatic rings. The van der Waals surface area contributed by atoms with Crippen LogP contribution >= 0.6 is 11.3 Å². The van der Waals surface area contributed by atoms with E-state index < -0.39 is 0 Å². The van der Waals surface area contributed by atoms with Crippen molar-refractivity contribution in [1.82, 2.24) is 0 Å². The predicted octanol–water partition coefficient (Wildman–Crippen LogP) is 2.55. The van der Waals surface area contributed by atoms with Crippen LogP contribution in [0.4, 0.5) is 0 Å². The summed E-state index contributed by atoms with van der Waals surface area (Å²) in [6.45, 7) is 0.525. The van der Waals surface area contributed by atoms with E-state index in [1.165, 1.54) is 15.6 Å². The predicted molar refractivity (Wildman–Crippen MR) is 60.6 cm³/mol. The van der Waals surface area contributed by atoms with Gasteiger partial charge >= 0.3 is 0 Å². The normalized spacial score (nSPS) is 13.3. The van der Waals surface area contributed by atoms with Crippen molar-refractivity contribution >= 4 is 21.4 Å². The van der Waals surface area contributed by atoms with Crippen LogP contribution in [0.2, 0.25) is 0 Å². The fourth-order valence-corrected chi connectivity index (χ4v) is 2.60. The molecule has 0 aliphatic heterocycles. The topological polar surface area (TPSA) is 35.2 Å². The third-order valence-electron chi connectivity index (χ3n) is 2.36. The Bertz CT molecular complexity index is 420. The summed E-state index contributed by atoms with van der Waals surface area (Å²) >= 11 is 1.74. The standard InChI is InChI=1S/C11H13NOS/c1-13-10(6-12)9-7-14-11-5-3-2-4-8(9)11/h2-5,7,10H,6,12H2,1H3. The molecule has 1 heterocycles. The molecule has 1 aromatic carbocycles. The lowest BCUT2D eigenvalue weighted by atomic mass is 10.1. The Kier molecular flexibility index (Phi) is 2.82. The van der Waals surface area contributed by atoms with E-state index in [4.69, 9.17) is 10.5 Å². The van der Waals surface area contributed by atoms with Crippen LogP contribution in [0.5, 0.6) is 0 Å². The first-order chi connectivity index (χ1) is 6.86. The van der Waals surface area contributed by atoms with Gasteiger partial charge in [0.05, 0.1) is 6.10 Å². The molecule has 0 saturated carbocycles. The van der Waals surface area contributed by atoms with Crippen molar-refractivity contribution in [3.8, 4) is 0 Å². The summed E-state index contributed by atoms with van der Waals surface area (Å²) in [5.41, 5.74) is 6.85. The van der Waals surface area contributed by atoms with Crippen molar-refractivity contribution in [2.24, 2.45) is 5.73 Å². The van der Waals surface area contributed by atoms with Gasteiger partial charge in [0.1, 0.15) is 0 Å². The average Bonchev–Trinajstić information content (AvgIpc) is 2.65. The zero-order chi connectivity index (χ0) is 9.97. The third-order valence-corrected chi connectivity index (χ3v) is 3.34. The molecule has 3 heteroatoms. The van der Waals surface area contributed by atoms with Crippen LogP contribution in [0.25, 0.3) is 10.1 Å². The number of fused-ring (bicyclic) bond motifs is 1. The Balaban J connectivity index is 2.51. The number of hydrogen-bond donors (Lipinski definition) is 1. The third kappa shape index (κ3) is 1.54. The quantitative estimate of drug-likeness (QED) is 0.839. The van der Waals surface area contributed by atoms with Crippen molar-refractivity contribution in [2.75, 3.05) is 13.7 Å². The van der Waals surface area contributed by atoms with Crippen LogP contribution in [-0.4, -0.2) is 13.7 Å². The van der Waals surface area contributed by atoms with E-state index >= 15 is 0 Å². The van der Waals surface area contributed by atoms with E-state index in [0.717, 1.165) is 0 Å². The average molecular weight is 207 g/mol. The van der Waals surface area contributed by atoms with Crippen LogP contribution in [0.1, 0.15) is 11.7 Å². The molecule has 74 valence electrons. The summed E-state index contributed by atoms with van der Waals surface area (Å²) < 4.78 is 6.62. The smallest absolute Gasteiger partial charge is 0.0957 e. The second-order valence-corrected chi connectivity index (χ2v) is 4.06.